The first-order valence-corrected chi connectivity index (χ1v) is 5.52. The number of rotatable bonds is 1. The normalized spacial score (nSPS) is 31.3. The van der Waals surface area contributed by atoms with Crippen LogP contribution < -0.4 is 0 Å². The molecule has 0 aliphatic carbocycles. The highest BCUT2D eigenvalue weighted by molar-refractivity contribution is 6.42. The predicted octanol–water partition coefficient (Wildman–Crippen LogP) is 1.67. The van der Waals surface area contributed by atoms with Crippen molar-refractivity contribution in [3.8, 4) is 0 Å². The summed E-state index contributed by atoms with van der Waals surface area (Å²) in [6.45, 7) is 10.6. The highest BCUT2D eigenvalue weighted by Gasteiger charge is 2.54. The molecule has 2 fully saturated rings. The van der Waals surface area contributed by atoms with E-state index in [-0.39, 0.29) is 18.5 Å². The minimum atomic E-state index is -0.194. The van der Waals surface area contributed by atoms with Gasteiger partial charge in [0.2, 0.25) is 0 Å². The van der Waals surface area contributed by atoms with Crippen molar-refractivity contribution in [3.05, 3.63) is 0 Å². The largest absolute Gasteiger partial charge is 0.558 e. The van der Waals surface area contributed by atoms with E-state index in [1.807, 2.05) is 0 Å². The molecule has 0 bridgehead atoms. The van der Waals surface area contributed by atoms with Gasteiger partial charge in [0.25, 0.3) is 0 Å². The average molecular weight is 197 g/mol. The first kappa shape index (κ1) is 10.5. The average Bonchev–Trinajstić information content (AvgIpc) is 2.58. The van der Waals surface area contributed by atoms with Gasteiger partial charge in [0.05, 0.1) is 11.2 Å². The third-order valence-electron chi connectivity index (χ3n) is 3.68. The molecule has 3 nitrogen and oxygen atoms in total. The van der Waals surface area contributed by atoms with Crippen LogP contribution in [-0.2, 0) is 9.31 Å². The summed E-state index contributed by atoms with van der Waals surface area (Å²) in [6, 6.07) is 0. The quantitative estimate of drug-likeness (QED) is 0.597. The van der Waals surface area contributed by atoms with E-state index in [2.05, 4.69) is 32.5 Å². The van der Waals surface area contributed by atoms with Crippen LogP contribution in [0.3, 0.4) is 0 Å². The van der Waals surface area contributed by atoms with Crippen molar-refractivity contribution in [2.24, 2.45) is 0 Å². The molecule has 0 atom stereocenters. The summed E-state index contributed by atoms with van der Waals surface area (Å²) in [5, 5.41) is 0. The molecule has 0 N–H and O–H groups in total. The van der Waals surface area contributed by atoms with Crippen LogP contribution >= 0.6 is 0 Å². The minimum Gasteiger partial charge on any atom is -0.389 e. The van der Waals surface area contributed by atoms with Gasteiger partial charge in [-0.1, -0.05) is 0 Å². The molecule has 0 aromatic carbocycles. The molecule has 0 saturated carbocycles. The van der Waals surface area contributed by atoms with Gasteiger partial charge in [-0.05, 0) is 53.6 Å². The molecule has 4 heteroatoms. The number of nitrogens with zero attached hydrogens (tertiary/aromatic N) is 1. The van der Waals surface area contributed by atoms with Crippen LogP contribution in [0.4, 0.5) is 0 Å². The smallest absolute Gasteiger partial charge is 0.389 e. The second kappa shape index (κ2) is 3.22. The Morgan fingerprint density at radius 2 is 1.36 bits per heavy atom. The standard InChI is InChI=1S/C10H20BNO2/c1-9(2)10(3,4)14-11(13-9)12-7-5-6-8-12/h5-8H2,1-4H3. The molecule has 2 rings (SSSR count). The van der Waals surface area contributed by atoms with E-state index in [1.165, 1.54) is 12.8 Å². The van der Waals surface area contributed by atoms with Gasteiger partial charge in [0, 0.05) is 0 Å². The molecule has 2 heterocycles. The van der Waals surface area contributed by atoms with Crippen molar-refractivity contribution >= 4 is 7.25 Å². The Labute approximate surface area is 86.9 Å². The lowest BCUT2D eigenvalue weighted by molar-refractivity contribution is 0.00578. The van der Waals surface area contributed by atoms with Crippen molar-refractivity contribution in [2.45, 2.75) is 51.7 Å². The Bertz CT molecular complexity index is 208. The van der Waals surface area contributed by atoms with Crippen molar-refractivity contribution in [1.82, 2.24) is 4.81 Å². The molecule has 80 valence electrons. The fourth-order valence-electron chi connectivity index (χ4n) is 1.91. The zero-order valence-electron chi connectivity index (χ0n) is 9.67. The van der Waals surface area contributed by atoms with E-state index >= 15 is 0 Å². The Kier molecular flexibility index (Phi) is 2.41. The Morgan fingerprint density at radius 1 is 0.929 bits per heavy atom. The summed E-state index contributed by atoms with van der Waals surface area (Å²) >= 11 is 0. The van der Waals surface area contributed by atoms with Crippen LogP contribution in [0, 0.1) is 0 Å². The first-order valence-electron chi connectivity index (χ1n) is 5.52. The van der Waals surface area contributed by atoms with E-state index in [0.29, 0.717) is 0 Å². The van der Waals surface area contributed by atoms with Crippen LogP contribution in [0.1, 0.15) is 40.5 Å². The third kappa shape index (κ3) is 1.60. The summed E-state index contributed by atoms with van der Waals surface area (Å²) in [5.74, 6) is 0. The third-order valence-corrected chi connectivity index (χ3v) is 3.68. The maximum atomic E-state index is 5.95. The SMILES string of the molecule is CC1(C)OB(N2CCCC2)OC1(C)C. The van der Waals surface area contributed by atoms with Gasteiger partial charge in [0.1, 0.15) is 0 Å². The van der Waals surface area contributed by atoms with Crippen molar-refractivity contribution in [3.63, 3.8) is 0 Å². The van der Waals surface area contributed by atoms with Crippen molar-refractivity contribution < 1.29 is 9.31 Å². The van der Waals surface area contributed by atoms with Crippen LogP contribution in [0.2, 0.25) is 0 Å². The van der Waals surface area contributed by atoms with E-state index in [9.17, 15) is 0 Å². The van der Waals surface area contributed by atoms with Gasteiger partial charge in [0.15, 0.2) is 0 Å². The van der Waals surface area contributed by atoms with E-state index < -0.39 is 0 Å². The second-order valence-electron chi connectivity index (χ2n) is 5.31. The van der Waals surface area contributed by atoms with Gasteiger partial charge in [-0.2, -0.15) is 0 Å². The Morgan fingerprint density at radius 3 is 1.79 bits per heavy atom. The lowest BCUT2D eigenvalue weighted by Gasteiger charge is -2.32. The molecule has 0 unspecified atom stereocenters. The second-order valence-corrected chi connectivity index (χ2v) is 5.31. The summed E-state index contributed by atoms with van der Waals surface area (Å²) < 4.78 is 11.9. The maximum Gasteiger partial charge on any atom is 0.558 e. The highest BCUT2D eigenvalue weighted by Crippen LogP contribution is 2.38. The molecule has 2 aliphatic rings. The van der Waals surface area contributed by atoms with E-state index in [4.69, 9.17) is 9.31 Å². The summed E-state index contributed by atoms with van der Waals surface area (Å²) in [4.78, 5) is 2.29. The first-order chi connectivity index (χ1) is 6.42. The fourth-order valence-corrected chi connectivity index (χ4v) is 1.91. The molecule has 0 amide bonds. The van der Waals surface area contributed by atoms with Gasteiger partial charge in [-0.25, -0.2) is 0 Å². The van der Waals surface area contributed by atoms with Crippen LogP contribution in [0.15, 0.2) is 0 Å². The summed E-state index contributed by atoms with van der Waals surface area (Å²) in [7, 11) is -0.123. The van der Waals surface area contributed by atoms with Gasteiger partial charge >= 0.3 is 7.25 Å². The maximum absolute atomic E-state index is 5.95. The van der Waals surface area contributed by atoms with Crippen LogP contribution in [-0.4, -0.2) is 36.4 Å². The van der Waals surface area contributed by atoms with Crippen molar-refractivity contribution in [2.75, 3.05) is 13.1 Å². The lowest BCUT2D eigenvalue weighted by atomic mass is 9.90. The van der Waals surface area contributed by atoms with Gasteiger partial charge in [-0.3, -0.25) is 4.81 Å². The zero-order chi connectivity index (χ0) is 10.4. The molecule has 14 heavy (non-hydrogen) atoms. The molecule has 2 saturated heterocycles. The monoisotopic (exact) mass is 197 g/mol. The van der Waals surface area contributed by atoms with Crippen LogP contribution in [0.5, 0.6) is 0 Å². The topological polar surface area (TPSA) is 21.7 Å². The molecule has 0 spiro atoms. The Hall–Kier alpha value is -0.0551. The van der Waals surface area contributed by atoms with E-state index in [1.54, 1.807) is 0 Å². The van der Waals surface area contributed by atoms with Crippen LogP contribution in [0.25, 0.3) is 0 Å². The lowest BCUT2D eigenvalue weighted by Crippen LogP contribution is -2.41. The molecular weight excluding hydrogens is 177 g/mol. The van der Waals surface area contributed by atoms with E-state index in [0.717, 1.165) is 13.1 Å². The summed E-state index contributed by atoms with van der Waals surface area (Å²) in [6.07, 6.45) is 2.54. The molecule has 0 aromatic rings. The number of hydrogen-bond donors (Lipinski definition) is 0. The molecular formula is C10H20BNO2. The van der Waals surface area contributed by atoms with Gasteiger partial charge in [-0.15, -0.1) is 0 Å². The van der Waals surface area contributed by atoms with Crippen molar-refractivity contribution in [1.29, 1.82) is 0 Å². The molecule has 0 radical (unpaired) electrons. The fraction of sp³-hybridized carbons (Fsp3) is 1.00. The molecule has 2 aliphatic heterocycles. The number of hydrogen-bond acceptors (Lipinski definition) is 3. The predicted molar refractivity (Wildman–Crippen MR) is 56.9 cm³/mol. The Balaban J connectivity index is 2.05. The minimum absolute atomic E-state index is 0.123. The zero-order valence-corrected chi connectivity index (χ0v) is 9.67. The summed E-state index contributed by atoms with van der Waals surface area (Å²) in [5.41, 5.74) is -0.388. The highest BCUT2D eigenvalue weighted by atomic mass is 16.7. The van der Waals surface area contributed by atoms with Gasteiger partial charge < -0.3 is 9.31 Å². The molecule has 0 aromatic heterocycles.